The Bertz CT molecular complexity index is 661. The number of rotatable bonds is 1. The summed E-state index contributed by atoms with van der Waals surface area (Å²) in [6.45, 7) is 0. The van der Waals surface area contributed by atoms with E-state index >= 15 is 0 Å². The highest BCUT2D eigenvalue weighted by Crippen LogP contribution is 2.35. The fourth-order valence-corrected chi connectivity index (χ4v) is 2.89. The Hall–Kier alpha value is -1.81. The SMILES string of the molecule is NC1CCCc2ccc(-c3cccc(C(F)(F)F)c3)cc21. The lowest BCUT2D eigenvalue weighted by Crippen LogP contribution is -2.17. The van der Waals surface area contributed by atoms with Crippen molar-refractivity contribution in [3.05, 3.63) is 59.2 Å². The van der Waals surface area contributed by atoms with Crippen LogP contribution in [0.3, 0.4) is 0 Å². The Balaban J connectivity index is 2.03. The van der Waals surface area contributed by atoms with Crippen molar-refractivity contribution in [2.75, 3.05) is 0 Å². The number of nitrogens with two attached hydrogens (primary N) is 1. The van der Waals surface area contributed by atoms with Crippen LogP contribution in [0.25, 0.3) is 11.1 Å². The van der Waals surface area contributed by atoms with Crippen LogP contribution >= 0.6 is 0 Å². The average Bonchev–Trinajstić information content (AvgIpc) is 2.47. The molecule has 0 aromatic heterocycles. The molecule has 1 unspecified atom stereocenters. The summed E-state index contributed by atoms with van der Waals surface area (Å²) in [4.78, 5) is 0. The maximum Gasteiger partial charge on any atom is 0.416 e. The van der Waals surface area contributed by atoms with Crippen LogP contribution in [0.5, 0.6) is 0 Å². The summed E-state index contributed by atoms with van der Waals surface area (Å²) in [5, 5.41) is 0. The number of aryl methyl sites for hydroxylation is 1. The quantitative estimate of drug-likeness (QED) is 0.809. The molecule has 0 heterocycles. The minimum atomic E-state index is -4.32. The van der Waals surface area contributed by atoms with Crippen molar-refractivity contribution in [2.24, 2.45) is 5.73 Å². The minimum absolute atomic E-state index is 0.0144. The van der Waals surface area contributed by atoms with E-state index in [4.69, 9.17) is 5.73 Å². The van der Waals surface area contributed by atoms with Crippen molar-refractivity contribution >= 4 is 0 Å². The number of hydrogen-bond donors (Lipinski definition) is 1. The summed E-state index contributed by atoms with van der Waals surface area (Å²) in [7, 11) is 0. The summed E-state index contributed by atoms with van der Waals surface area (Å²) >= 11 is 0. The molecular weight excluding hydrogens is 275 g/mol. The van der Waals surface area contributed by atoms with Gasteiger partial charge in [0, 0.05) is 6.04 Å². The van der Waals surface area contributed by atoms with E-state index in [1.54, 1.807) is 6.07 Å². The molecule has 0 amide bonds. The van der Waals surface area contributed by atoms with Gasteiger partial charge >= 0.3 is 6.18 Å². The predicted octanol–water partition coefficient (Wildman–Crippen LogP) is 4.71. The molecule has 4 heteroatoms. The molecule has 1 aliphatic rings. The van der Waals surface area contributed by atoms with Crippen molar-refractivity contribution in [2.45, 2.75) is 31.5 Å². The first kappa shape index (κ1) is 14.1. The third-order valence-electron chi connectivity index (χ3n) is 4.03. The zero-order valence-electron chi connectivity index (χ0n) is 11.5. The monoisotopic (exact) mass is 291 g/mol. The van der Waals surface area contributed by atoms with Gasteiger partial charge < -0.3 is 5.73 Å². The fraction of sp³-hybridized carbons (Fsp3) is 0.294. The van der Waals surface area contributed by atoms with Crippen LogP contribution in [0.15, 0.2) is 42.5 Å². The van der Waals surface area contributed by atoms with Gasteiger partial charge in [0.1, 0.15) is 0 Å². The lowest BCUT2D eigenvalue weighted by molar-refractivity contribution is -0.137. The maximum atomic E-state index is 12.8. The lowest BCUT2D eigenvalue weighted by atomic mass is 9.86. The fourth-order valence-electron chi connectivity index (χ4n) is 2.89. The third-order valence-corrected chi connectivity index (χ3v) is 4.03. The van der Waals surface area contributed by atoms with Crippen LogP contribution < -0.4 is 5.73 Å². The number of fused-ring (bicyclic) bond motifs is 1. The summed E-state index contributed by atoms with van der Waals surface area (Å²) < 4.78 is 38.4. The van der Waals surface area contributed by atoms with E-state index < -0.39 is 11.7 Å². The molecule has 0 spiro atoms. The Morgan fingerprint density at radius 1 is 1.00 bits per heavy atom. The molecular formula is C17H16F3N. The van der Waals surface area contributed by atoms with Crippen LogP contribution in [0, 0.1) is 0 Å². The van der Waals surface area contributed by atoms with E-state index in [1.807, 2.05) is 18.2 Å². The second-order valence-electron chi connectivity index (χ2n) is 5.49. The molecule has 110 valence electrons. The molecule has 21 heavy (non-hydrogen) atoms. The van der Waals surface area contributed by atoms with Gasteiger partial charge in [0.2, 0.25) is 0 Å². The van der Waals surface area contributed by atoms with E-state index in [2.05, 4.69) is 0 Å². The normalized spacial score (nSPS) is 18.4. The molecule has 2 aromatic rings. The third kappa shape index (κ3) is 2.81. The first-order valence-electron chi connectivity index (χ1n) is 7.01. The van der Waals surface area contributed by atoms with Gasteiger partial charge in [0.15, 0.2) is 0 Å². The molecule has 0 radical (unpaired) electrons. The van der Waals surface area contributed by atoms with E-state index in [-0.39, 0.29) is 6.04 Å². The van der Waals surface area contributed by atoms with Crippen molar-refractivity contribution in [1.82, 2.24) is 0 Å². The molecule has 2 aromatic carbocycles. The van der Waals surface area contributed by atoms with Crippen LogP contribution in [0.4, 0.5) is 13.2 Å². The molecule has 1 nitrogen and oxygen atoms in total. The Morgan fingerprint density at radius 3 is 2.52 bits per heavy atom. The molecule has 1 aliphatic carbocycles. The van der Waals surface area contributed by atoms with E-state index in [9.17, 15) is 13.2 Å². The molecule has 0 saturated carbocycles. The molecule has 3 rings (SSSR count). The molecule has 0 bridgehead atoms. The maximum absolute atomic E-state index is 12.8. The van der Waals surface area contributed by atoms with Gasteiger partial charge in [0.05, 0.1) is 5.56 Å². The highest BCUT2D eigenvalue weighted by atomic mass is 19.4. The molecule has 0 saturated heterocycles. The molecule has 0 fully saturated rings. The summed E-state index contributed by atoms with van der Waals surface area (Å²) in [5.74, 6) is 0. The first-order valence-corrected chi connectivity index (χ1v) is 7.01. The topological polar surface area (TPSA) is 26.0 Å². The van der Waals surface area contributed by atoms with E-state index in [0.717, 1.165) is 36.5 Å². The van der Waals surface area contributed by atoms with Gasteiger partial charge in [0.25, 0.3) is 0 Å². The molecule has 2 N–H and O–H groups in total. The average molecular weight is 291 g/mol. The predicted molar refractivity (Wildman–Crippen MR) is 76.7 cm³/mol. The molecule has 0 aliphatic heterocycles. The number of alkyl halides is 3. The minimum Gasteiger partial charge on any atom is -0.324 e. The Kier molecular flexibility index (Phi) is 3.49. The van der Waals surface area contributed by atoms with Gasteiger partial charge in [-0.3, -0.25) is 0 Å². The van der Waals surface area contributed by atoms with Gasteiger partial charge in [-0.15, -0.1) is 0 Å². The zero-order chi connectivity index (χ0) is 15.0. The standard InChI is InChI=1S/C17H16F3N/c18-17(19,20)14-5-1-4-12(9-14)13-8-7-11-3-2-6-16(21)15(11)10-13/h1,4-5,7-10,16H,2-3,6,21H2. The lowest BCUT2D eigenvalue weighted by Gasteiger charge is -2.23. The number of benzene rings is 2. The van der Waals surface area contributed by atoms with Crippen LogP contribution in [0.2, 0.25) is 0 Å². The van der Waals surface area contributed by atoms with E-state index in [1.165, 1.54) is 17.7 Å². The van der Waals surface area contributed by atoms with Gasteiger partial charge in [-0.25, -0.2) is 0 Å². The summed E-state index contributed by atoms with van der Waals surface area (Å²) in [5.41, 5.74) is 9.13. The van der Waals surface area contributed by atoms with Crippen molar-refractivity contribution < 1.29 is 13.2 Å². The van der Waals surface area contributed by atoms with Gasteiger partial charge in [-0.2, -0.15) is 13.2 Å². The Morgan fingerprint density at radius 2 is 1.76 bits per heavy atom. The number of hydrogen-bond acceptors (Lipinski definition) is 1. The summed E-state index contributed by atoms with van der Waals surface area (Å²) in [6.07, 6.45) is -1.33. The smallest absolute Gasteiger partial charge is 0.324 e. The van der Waals surface area contributed by atoms with Crippen molar-refractivity contribution in [3.8, 4) is 11.1 Å². The van der Waals surface area contributed by atoms with Gasteiger partial charge in [-0.1, -0.05) is 24.3 Å². The highest BCUT2D eigenvalue weighted by Gasteiger charge is 2.30. The van der Waals surface area contributed by atoms with Crippen LogP contribution in [0.1, 0.15) is 35.6 Å². The van der Waals surface area contributed by atoms with Gasteiger partial charge in [-0.05, 0) is 59.7 Å². The second-order valence-corrected chi connectivity index (χ2v) is 5.49. The first-order chi connectivity index (χ1) is 9.95. The summed E-state index contributed by atoms with van der Waals surface area (Å²) in [6, 6.07) is 11.2. The molecule has 1 atom stereocenters. The highest BCUT2D eigenvalue weighted by molar-refractivity contribution is 5.66. The number of halogens is 3. The Labute approximate surface area is 121 Å². The second kappa shape index (κ2) is 5.19. The van der Waals surface area contributed by atoms with Crippen LogP contribution in [-0.2, 0) is 12.6 Å². The largest absolute Gasteiger partial charge is 0.416 e. The van der Waals surface area contributed by atoms with Crippen LogP contribution in [-0.4, -0.2) is 0 Å². The zero-order valence-corrected chi connectivity index (χ0v) is 11.5. The van der Waals surface area contributed by atoms with Crippen molar-refractivity contribution in [1.29, 1.82) is 0 Å². The van der Waals surface area contributed by atoms with Crippen molar-refractivity contribution in [3.63, 3.8) is 0 Å². The van der Waals surface area contributed by atoms with E-state index in [0.29, 0.717) is 5.56 Å².